The number of hydrogen-bond donors (Lipinski definition) is 1. The first kappa shape index (κ1) is 12.6. The number of aliphatic hydroxyl groups is 1. The summed E-state index contributed by atoms with van der Waals surface area (Å²) in [6.07, 6.45) is 3.13. The summed E-state index contributed by atoms with van der Waals surface area (Å²) in [5, 5.41) is 9.51. The fraction of sp³-hybridized carbons (Fsp3) is 0.357. The maximum absolute atomic E-state index is 9.51. The highest BCUT2D eigenvalue weighted by Gasteiger charge is 2.04. The second kappa shape index (κ2) is 5.69. The molecule has 1 atom stereocenters. The summed E-state index contributed by atoms with van der Waals surface area (Å²) in [5.41, 5.74) is 1.90. The fourth-order valence-electron chi connectivity index (χ4n) is 1.77. The average Bonchev–Trinajstić information content (AvgIpc) is 2.84. The van der Waals surface area contributed by atoms with Crippen molar-refractivity contribution < 1.29 is 9.84 Å². The van der Waals surface area contributed by atoms with Gasteiger partial charge in [0.1, 0.15) is 12.4 Å². The molecule has 0 aliphatic heterocycles. The summed E-state index contributed by atoms with van der Waals surface area (Å²) in [6.45, 7) is 5.17. The number of aryl methyl sites for hydroxylation is 1. The van der Waals surface area contributed by atoms with Crippen LogP contribution < -0.4 is 4.74 Å². The van der Waals surface area contributed by atoms with E-state index in [0.717, 1.165) is 23.6 Å². The Hall–Kier alpha value is -1.81. The molecule has 1 heterocycles. The molecule has 0 amide bonds. The molecule has 0 fully saturated rings. The largest absolute Gasteiger partial charge is 0.487 e. The molecule has 0 aliphatic rings. The number of nitrogens with zero attached hydrogens (tertiary/aromatic N) is 2. The SMILES string of the molecule is CCn1cncc1COc1cccc([C@H](C)O)c1. The van der Waals surface area contributed by atoms with Crippen LogP contribution in [0.3, 0.4) is 0 Å². The number of ether oxygens (including phenoxy) is 1. The molecule has 0 unspecified atom stereocenters. The zero-order chi connectivity index (χ0) is 13.0. The van der Waals surface area contributed by atoms with Gasteiger partial charge in [0.15, 0.2) is 0 Å². The Labute approximate surface area is 107 Å². The number of benzene rings is 1. The van der Waals surface area contributed by atoms with Crippen molar-refractivity contribution in [2.24, 2.45) is 0 Å². The number of aromatic nitrogens is 2. The van der Waals surface area contributed by atoms with E-state index in [0.29, 0.717) is 6.61 Å². The Morgan fingerprint density at radius 2 is 2.28 bits per heavy atom. The van der Waals surface area contributed by atoms with E-state index >= 15 is 0 Å². The lowest BCUT2D eigenvalue weighted by Crippen LogP contribution is -2.04. The lowest BCUT2D eigenvalue weighted by Gasteiger charge is -2.10. The zero-order valence-corrected chi connectivity index (χ0v) is 10.7. The van der Waals surface area contributed by atoms with Gasteiger partial charge in [0.2, 0.25) is 0 Å². The van der Waals surface area contributed by atoms with Crippen molar-refractivity contribution in [2.75, 3.05) is 0 Å². The van der Waals surface area contributed by atoms with Gasteiger partial charge in [0.25, 0.3) is 0 Å². The summed E-state index contributed by atoms with van der Waals surface area (Å²) in [7, 11) is 0. The first-order valence-corrected chi connectivity index (χ1v) is 6.10. The molecule has 0 saturated carbocycles. The van der Waals surface area contributed by atoms with Gasteiger partial charge in [-0.25, -0.2) is 4.98 Å². The molecule has 18 heavy (non-hydrogen) atoms. The van der Waals surface area contributed by atoms with E-state index in [1.807, 2.05) is 35.0 Å². The van der Waals surface area contributed by atoms with E-state index in [4.69, 9.17) is 4.74 Å². The monoisotopic (exact) mass is 246 g/mol. The minimum atomic E-state index is -0.477. The predicted molar refractivity (Wildman–Crippen MR) is 69.3 cm³/mol. The second-order valence-corrected chi connectivity index (χ2v) is 4.21. The Bertz CT molecular complexity index is 506. The van der Waals surface area contributed by atoms with E-state index in [2.05, 4.69) is 11.9 Å². The molecule has 0 radical (unpaired) electrons. The van der Waals surface area contributed by atoms with Crippen molar-refractivity contribution in [3.63, 3.8) is 0 Å². The van der Waals surface area contributed by atoms with E-state index < -0.39 is 6.10 Å². The summed E-state index contributed by atoms with van der Waals surface area (Å²) in [5.74, 6) is 0.761. The lowest BCUT2D eigenvalue weighted by atomic mass is 10.1. The molecule has 4 heteroatoms. The number of rotatable bonds is 5. The predicted octanol–water partition coefficient (Wildman–Crippen LogP) is 2.54. The third-order valence-electron chi connectivity index (χ3n) is 2.87. The van der Waals surface area contributed by atoms with Crippen LogP contribution in [0.2, 0.25) is 0 Å². The first-order chi connectivity index (χ1) is 8.70. The van der Waals surface area contributed by atoms with E-state index in [-0.39, 0.29) is 0 Å². The molecule has 96 valence electrons. The maximum atomic E-state index is 9.51. The van der Waals surface area contributed by atoms with Crippen molar-refractivity contribution in [3.8, 4) is 5.75 Å². The molecule has 2 rings (SSSR count). The van der Waals surface area contributed by atoms with Gasteiger partial charge < -0.3 is 14.4 Å². The van der Waals surface area contributed by atoms with Crippen LogP contribution in [0.5, 0.6) is 5.75 Å². The van der Waals surface area contributed by atoms with E-state index in [1.54, 1.807) is 13.3 Å². The second-order valence-electron chi connectivity index (χ2n) is 4.21. The van der Waals surface area contributed by atoms with Crippen molar-refractivity contribution in [2.45, 2.75) is 33.1 Å². The van der Waals surface area contributed by atoms with Gasteiger partial charge in [-0.2, -0.15) is 0 Å². The standard InChI is InChI=1S/C14H18N2O2/c1-3-16-10-15-8-13(16)9-18-14-6-4-5-12(7-14)11(2)17/h4-8,10-11,17H,3,9H2,1-2H3/t11-/m0/s1. The molecule has 4 nitrogen and oxygen atoms in total. The Morgan fingerprint density at radius 3 is 3.00 bits per heavy atom. The molecule has 0 aliphatic carbocycles. The van der Waals surface area contributed by atoms with Crippen LogP contribution in [-0.2, 0) is 13.2 Å². The van der Waals surface area contributed by atoms with Gasteiger partial charge in [-0.3, -0.25) is 0 Å². The smallest absolute Gasteiger partial charge is 0.130 e. The molecule has 0 bridgehead atoms. The molecule has 2 aromatic rings. The highest BCUT2D eigenvalue weighted by Crippen LogP contribution is 2.19. The summed E-state index contributed by atoms with van der Waals surface area (Å²) < 4.78 is 7.75. The average molecular weight is 246 g/mol. The molecule has 1 aromatic carbocycles. The van der Waals surface area contributed by atoms with E-state index in [1.165, 1.54) is 0 Å². The summed E-state index contributed by atoms with van der Waals surface area (Å²) in [4.78, 5) is 4.09. The molecule has 1 N–H and O–H groups in total. The summed E-state index contributed by atoms with van der Waals surface area (Å²) >= 11 is 0. The Balaban J connectivity index is 2.04. The molecular formula is C14H18N2O2. The van der Waals surface area contributed by atoms with Gasteiger partial charge >= 0.3 is 0 Å². The van der Waals surface area contributed by atoms with Crippen LogP contribution >= 0.6 is 0 Å². The van der Waals surface area contributed by atoms with Gasteiger partial charge in [0.05, 0.1) is 24.3 Å². The summed E-state index contributed by atoms with van der Waals surface area (Å²) in [6, 6.07) is 7.51. The topological polar surface area (TPSA) is 47.3 Å². The molecular weight excluding hydrogens is 228 g/mol. The number of hydrogen-bond acceptors (Lipinski definition) is 3. The number of aliphatic hydroxyl groups excluding tert-OH is 1. The van der Waals surface area contributed by atoms with E-state index in [9.17, 15) is 5.11 Å². The third-order valence-corrected chi connectivity index (χ3v) is 2.87. The molecule has 0 saturated heterocycles. The molecule has 0 spiro atoms. The molecule has 1 aromatic heterocycles. The Kier molecular flexibility index (Phi) is 3.99. The van der Waals surface area contributed by atoms with Gasteiger partial charge in [0, 0.05) is 6.54 Å². The normalized spacial score (nSPS) is 12.4. The zero-order valence-electron chi connectivity index (χ0n) is 10.7. The van der Waals surface area contributed by atoms with Crippen LogP contribution in [0.15, 0.2) is 36.8 Å². The van der Waals surface area contributed by atoms with Crippen LogP contribution in [-0.4, -0.2) is 14.7 Å². The van der Waals surface area contributed by atoms with Crippen LogP contribution in [0.4, 0.5) is 0 Å². The fourth-order valence-corrected chi connectivity index (χ4v) is 1.77. The number of imidazole rings is 1. The Morgan fingerprint density at radius 1 is 1.44 bits per heavy atom. The van der Waals surface area contributed by atoms with Gasteiger partial charge in [-0.15, -0.1) is 0 Å². The van der Waals surface area contributed by atoms with Crippen LogP contribution in [0.1, 0.15) is 31.2 Å². The van der Waals surface area contributed by atoms with Crippen LogP contribution in [0, 0.1) is 0 Å². The minimum Gasteiger partial charge on any atom is -0.487 e. The van der Waals surface area contributed by atoms with Crippen LogP contribution in [0.25, 0.3) is 0 Å². The lowest BCUT2D eigenvalue weighted by molar-refractivity contribution is 0.198. The van der Waals surface area contributed by atoms with Crippen molar-refractivity contribution in [1.82, 2.24) is 9.55 Å². The minimum absolute atomic E-state index is 0.477. The van der Waals surface area contributed by atoms with Crippen molar-refractivity contribution in [1.29, 1.82) is 0 Å². The van der Waals surface area contributed by atoms with Crippen molar-refractivity contribution in [3.05, 3.63) is 48.0 Å². The maximum Gasteiger partial charge on any atom is 0.130 e. The van der Waals surface area contributed by atoms with Gasteiger partial charge in [-0.1, -0.05) is 12.1 Å². The third kappa shape index (κ3) is 2.90. The van der Waals surface area contributed by atoms with Gasteiger partial charge in [-0.05, 0) is 31.5 Å². The first-order valence-electron chi connectivity index (χ1n) is 6.10. The highest BCUT2D eigenvalue weighted by atomic mass is 16.5. The quantitative estimate of drug-likeness (QED) is 0.882. The van der Waals surface area contributed by atoms with Crippen molar-refractivity contribution >= 4 is 0 Å². The highest BCUT2D eigenvalue weighted by molar-refractivity contribution is 5.29.